The van der Waals surface area contributed by atoms with E-state index in [0.29, 0.717) is 17.5 Å². The Morgan fingerprint density at radius 3 is 2.16 bits per heavy atom. The lowest BCUT2D eigenvalue weighted by atomic mass is 9.84. The van der Waals surface area contributed by atoms with Gasteiger partial charge in [-0.05, 0) is 42.0 Å². The Kier molecular flexibility index (Phi) is 4.54. The molecule has 0 heterocycles. The van der Waals surface area contributed by atoms with Crippen LogP contribution in [0.5, 0.6) is 0 Å². The van der Waals surface area contributed by atoms with Crippen LogP contribution >= 0.6 is 0 Å². The molecule has 0 saturated heterocycles. The summed E-state index contributed by atoms with van der Waals surface area (Å²) >= 11 is 0. The van der Waals surface area contributed by atoms with Crippen molar-refractivity contribution in [2.75, 3.05) is 0 Å². The zero-order valence-corrected chi connectivity index (χ0v) is 12.9. The van der Waals surface area contributed by atoms with Crippen LogP contribution in [0.25, 0.3) is 0 Å². The minimum absolute atomic E-state index is 0.0597. The van der Waals surface area contributed by atoms with Crippen LogP contribution in [0.4, 0.5) is 4.39 Å². The SMILES string of the molecule is CC(C)(C)CCc1cc(C(=O)C(C)(C)C)ccc1F. The fraction of sp³-hybridized carbons (Fsp3) is 0.588. The maximum absolute atomic E-state index is 13.8. The fourth-order valence-electron chi connectivity index (χ4n) is 1.85. The van der Waals surface area contributed by atoms with Gasteiger partial charge in [-0.1, -0.05) is 41.5 Å². The lowest BCUT2D eigenvalue weighted by molar-refractivity contribution is 0.0858. The molecular weight excluding hydrogens is 239 g/mol. The number of ketones is 1. The number of hydrogen-bond acceptors (Lipinski definition) is 1. The Hall–Kier alpha value is -1.18. The van der Waals surface area contributed by atoms with E-state index in [2.05, 4.69) is 20.8 Å². The summed E-state index contributed by atoms with van der Waals surface area (Å²) in [6.45, 7) is 12.0. The van der Waals surface area contributed by atoms with Crippen LogP contribution in [0.15, 0.2) is 18.2 Å². The van der Waals surface area contributed by atoms with Gasteiger partial charge >= 0.3 is 0 Å². The van der Waals surface area contributed by atoms with Crippen molar-refractivity contribution in [3.05, 3.63) is 35.1 Å². The molecule has 1 rings (SSSR count). The lowest BCUT2D eigenvalue weighted by Crippen LogP contribution is -2.20. The Labute approximate surface area is 116 Å². The molecule has 1 aromatic carbocycles. The van der Waals surface area contributed by atoms with E-state index in [9.17, 15) is 9.18 Å². The minimum Gasteiger partial charge on any atom is -0.294 e. The molecule has 0 aromatic heterocycles. The Balaban J connectivity index is 2.98. The van der Waals surface area contributed by atoms with Crippen LogP contribution in [-0.2, 0) is 6.42 Å². The van der Waals surface area contributed by atoms with Gasteiger partial charge in [0.15, 0.2) is 5.78 Å². The quantitative estimate of drug-likeness (QED) is 0.699. The Bertz CT molecular complexity index is 461. The van der Waals surface area contributed by atoms with Gasteiger partial charge in [-0.15, -0.1) is 0 Å². The molecule has 106 valence electrons. The molecule has 0 fully saturated rings. The first kappa shape index (κ1) is 15.9. The van der Waals surface area contributed by atoms with E-state index in [-0.39, 0.29) is 17.0 Å². The first-order valence-electron chi connectivity index (χ1n) is 6.84. The summed E-state index contributed by atoms with van der Waals surface area (Å²) in [7, 11) is 0. The predicted octanol–water partition coefficient (Wildman–Crippen LogP) is 5.03. The van der Waals surface area contributed by atoms with Gasteiger partial charge in [0.05, 0.1) is 0 Å². The highest BCUT2D eigenvalue weighted by molar-refractivity contribution is 5.99. The predicted molar refractivity (Wildman–Crippen MR) is 78.0 cm³/mol. The smallest absolute Gasteiger partial charge is 0.168 e. The van der Waals surface area contributed by atoms with E-state index >= 15 is 0 Å². The number of rotatable bonds is 3. The Morgan fingerprint density at radius 1 is 1.11 bits per heavy atom. The van der Waals surface area contributed by atoms with Gasteiger partial charge < -0.3 is 0 Å². The standard InChI is InChI=1S/C17H25FO/c1-16(2,3)10-9-12-11-13(7-8-14(12)18)15(19)17(4,5)6/h7-8,11H,9-10H2,1-6H3. The molecule has 0 spiro atoms. The summed E-state index contributed by atoms with van der Waals surface area (Å²) in [5.41, 5.74) is 0.984. The number of Topliss-reactive ketones (excluding diaryl/α,β-unsaturated/α-hetero) is 1. The second-order valence-electron chi connectivity index (χ2n) is 7.45. The van der Waals surface area contributed by atoms with E-state index in [1.165, 1.54) is 6.07 Å². The molecule has 1 nitrogen and oxygen atoms in total. The normalized spacial score (nSPS) is 12.6. The first-order chi connectivity index (χ1) is 8.50. The molecular formula is C17H25FO. The molecule has 0 aliphatic rings. The second-order valence-corrected chi connectivity index (χ2v) is 7.45. The van der Waals surface area contributed by atoms with Crippen LogP contribution in [-0.4, -0.2) is 5.78 Å². The molecule has 0 aliphatic carbocycles. The van der Waals surface area contributed by atoms with E-state index in [1.807, 2.05) is 20.8 Å². The van der Waals surface area contributed by atoms with Crippen molar-refractivity contribution >= 4 is 5.78 Å². The average molecular weight is 264 g/mol. The summed E-state index contributed by atoms with van der Waals surface area (Å²) < 4.78 is 13.8. The van der Waals surface area contributed by atoms with E-state index in [0.717, 1.165) is 6.42 Å². The summed E-state index contributed by atoms with van der Waals surface area (Å²) in [5, 5.41) is 0. The highest BCUT2D eigenvalue weighted by Gasteiger charge is 2.23. The van der Waals surface area contributed by atoms with Gasteiger partial charge in [0, 0.05) is 11.0 Å². The summed E-state index contributed by atoms with van der Waals surface area (Å²) in [4.78, 5) is 12.2. The molecule has 2 heteroatoms. The molecule has 0 unspecified atom stereocenters. The zero-order valence-electron chi connectivity index (χ0n) is 12.9. The third-order valence-electron chi connectivity index (χ3n) is 3.13. The van der Waals surface area contributed by atoms with Gasteiger partial charge in [0.25, 0.3) is 0 Å². The van der Waals surface area contributed by atoms with Crippen LogP contribution in [0.3, 0.4) is 0 Å². The van der Waals surface area contributed by atoms with Gasteiger partial charge in [-0.25, -0.2) is 4.39 Å². The van der Waals surface area contributed by atoms with Gasteiger partial charge in [0.1, 0.15) is 5.82 Å². The average Bonchev–Trinajstić information content (AvgIpc) is 2.24. The topological polar surface area (TPSA) is 17.1 Å². The number of hydrogen-bond donors (Lipinski definition) is 0. The second kappa shape index (κ2) is 5.44. The van der Waals surface area contributed by atoms with Crippen molar-refractivity contribution < 1.29 is 9.18 Å². The van der Waals surface area contributed by atoms with E-state index in [4.69, 9.17) is 0 Å². The molecule has 19 heavy (non-hydrogen) atoms. The van der Waals surface area contributed by atoms with Crippen molar-refractivity contribution in [2.24, 2.45) is 10.8 Å². The summed E-state index contributed by atoms with van der Waals surface area (Å²) in [6, 6.07) is 4.72. The van der Waals surface area contributed by atoms with Crippen LogP contribution in [0.1, 0.15) is 63.9 Å². The highest BCUT2D eigenvalue weighted by atomic mass is 19.1. The van der Waals surface area contributed by atoms with E-state index < -0.39 is 5.41 Å². The fourth-order valence-corrected chi connectivity index (χ4v) is 1.85. The molecule has 1 aromatic rings. The third-order valence-corrected chi connectivity index (χ3v) is 3.13. The zero-order chi connectivity index (χ0) is 14.8. The maximum atomic E-state index is 13.8. The van der Waals surface area contributed by atoms with Crippen molar-refractivity contribution in [1.29, 1.82) is 0 Å². The monoisotopic (exact) mass is 264 g/mol. The van der Waals surface area contributed by atoms with Gasteiger partial charge in [0.2, 0.25) is 0 Å². The minimum atomic E-state index is -0.431. The molecule has 0 radical (unpaired) electrons. The van der Waals surface area contributed by atoms with Gasteiger partial charge in [-0.3, -0.25) is 4.79 Å². The number of aryl methyl sites for hydroxylation is 1. The number of carbonyl (C=O) groups is 1. The molecule has 0 N–H and O–H groups in total. The number of carbonyl (C=O) groups excluding carboxylic acids is 1. The van der Waals surface area contributed by atoms with Crippen LogP contribution in [0, 0.1) is 16.6 Å². The van der Waals surface area contributed by atoms with Crippen molar-refractivity contribution in [3.63, 3.8) is 0 Å². The summed E-state index contributed by atoms with van der Waals surface area (Å²) in [6.07, 6.45) is 1.57. The van der Waals surface area contributed by atoms with Gasteiger partial charge in [-0.2, -0.15) is 0 Å². The number of halogens is 1. The highest BCUT2D eigenvalue weighted by Crippen LogP contribution is 2.25. The molecule has 0 amide bonds. The molecule has 0 saturated carbocycles. The third kappa shape index (κ3) is 4.77. The van der Waals surface area contributed by atoms with Crippen molar-refractivity contribution in [2.45, 2.75) is 54.4 Å². The summed E-state index contributed by atoms with van der Waals surface area (Å²) in [5.74, 6) is -0.154. The maximum Gasteiger partial charge on any atom is 0.168 e. The lowest BCUT2D eigenvalue weighted by Gasteiger charge is -2.19. The first-order valence-corrected chi connectivity index (χ1v) is 6.84. The van der Waals surface area contributed by atoms with Crippen molar-refractivity contribution in [3.8, 4) is 0 Å². The molecule has 0 bridgehead atoms. The van der Waals surface area contributed by atoms with Crippen LogP contribution < -0.4 is 0 Å². The number of benzene rings is 1. The van der Waals surface area contributed by atoms with Crippen LogP contribution in [0.2, 0.25) is 0 Å². The molecule has 0 atom stereocenters. The van der Waals surface area contributed by atoms with E-state index in [1.54, 1.807) is 12.1 Å². The van der Waals surface area contributed by atoms with Crippen molar-refractivity contribution in [1.82, 2.24) is 0 Å². The largest absolute Gasteiger partial charge is 0.294 e. The Morgan fingerprint density at radius 2 is 1.68 bits per heavy atom. The molecule has 0 aliphatic heterocycles.